The van der Waals surface area contributed by atoms with Gasteiger partial charge in [-0.1, -0.05) is 78.9 Å². The molecule has 2 atom stereocenters. The minimum absolute atomic E-state index is 0.174. The maximum absolute atomic E-state index is 14.8. The first-order valence-electron chi connectivity index (χ1n) is 10.7. The van der Waals surface area contributed by atoms with E-state index in [1.54, 1.807) is 22.8 Å². The Kier molecular flexibility index (Phi) is 5.74. The van der Waals surface area contributed by atoms with E-state index in [2.05, 4.69) is 0 Å². The fourth-order valence-electron chi connectivity index (χ4n) is 4.33. The van der Waals surface area contributed by atoms with Gasteiger partial charge in [-0.2, -0.15) is 0 Å². The van der Waals surface area contributed by atoms with Crippen molar-refractivity contribution < 1.29 is 4.39 Å². The average molecular weight is 460 g/mol. The molecule has 3 aromatic carbocycles. The molecule has 0 fully saturated rings. The van der Waals surface area contributed by atoms with Gasteiger partial charge in [-0.05, 0) is 17.2 Å². The van der Waals surface area contributed by atoms with Gasteiger partial charge in [0.1, 0.15) is 5.82 Å². The zero-order chi connectivity index (χ0) is 22.9. The van der Waals surface area contributed by atoms with Crippen LogP contribution in [0.3, 0.4) is 0 Å². The quantitative estimate of drug-likeness (QED) is 0.454. The van der Waals surface area contributed by atoms with Gasteiger partial charge >= 0.3 is 5.69 Å². The largest absolute Gasteiger partial charge is 0.333 e. The molecule has 33 heavy (non-hydrogen) atoms. The minimum Gasteiger partial charge on any atom is -0.310 e. The highest BCUT2D eigenvalue weighted by atomic mass is 32.2. The summed E-state index contributed by atoms with van der Waals surface area (Å²) in [5.41, 5.74) is 7.61. The Morgan fingerprint density at radius 3 is 2.27 bits per heavy atom. The van der Waals surface area contributed by atoms with Crippen molar-refractivity contribution in [2.24, 2.45) is 5.73 Å². The number of thioether (sulfide) groups is 1. The molecule has 0 amide bonds. The van der Waals surface area contributed by atoms with Crippen LogP contribution in [0.25, 0.3) is 11.1 Å². The van der Waals surface area contributed by atoms with Crippen LogP contribution in [0.2, 0.25) is 0 Å². The summed E-state index contributed by atoms with van der Waals surface area (Å²) in [6.07, 6.45) is -0.590. The summed E-state index contributed by atoms with van der Waals surface area (Å²) in [5, 5.41) is 0.479. The van der Waals surface area contributed by atoms with E-state index in [0.29, 0.717) is 17.2 Å². The SMILES string of the molecule is NC(Cc1ccccc1)n1c(=O)c(-c2ccccc2F)c2n(c1=O)C(c1ccccc1)CS2. The number of nitrogens with zero attached hydrogens (tertiary/aromatic N) is 2. The number of nitrogens with two attached hydrogens (primary N) is 1. The second-order valence-corrected chi connectivity index (χ2v) is 8.99. The summed E-state index contributed by atoms with van der Waals surface area (Å²) < 4.78 is 17.5. The summed E-state index contributed by atoms with van der Waals surface area (Å²) in [5.74, 6) is 0.0564. The van der Waals surface area contributed by atoms with Crippen LogP contribution in [0, 0.1) is 5.82 Å². The van der Waals surface area contributed by atoms with Crippen molar-refractivity contribution in [3.05, 3.63) is 123 Å². The third-order valence-corrected chi connectivity index (χ3v) is 7.07. The number of hydrogen-bond donors (Lipinski definition) is 1. The molecule has 0 spiro atoms. The van der Waals surface area contributed by atoms with Crippen molar-refractivity contribution in [3.8, 4) is 11.1 Å². The first kappa shape index (κ1) is 21.4. The fraction of sp³-hybridized carbons (Fsp3) is 0.154. The molecule has 0 aliphatic carbocycles. The van der Waals surface area contributed by atoms with Crippen LogP contribution < -0.4 is 17.0 Å². The molecule has 1 aliphatic heterocycles. The van der Waals surface area contributed by atoms with Gasteiger partial charge in [0.25, 0.3) is 5.56 Å². The Labute approximate surface area is 194 Å². The molecule has 1 aromatic heterocycles. The van der Waals surface area contributed by atoms with E-state index >= 15 is 0 Å². The Balaban J connectivity index is 1.75. The lowest BCUT2D eigenvalue weighted by Gasteiger charge is -2.21. The smallest absolute Gasteiger partial charge is 0.310 e. The lowest BCUT2D eigenvalue weighted by molar-refractivity contribution is 0.435. The molecule has 0 bridgehead atoms. The van der Waals surface area contributed by atoms with E-state index in [0.717, 1.165) is 15.7 Å². The van der Waals surface area contributed by atoms with E-state index in [4.69, 9.17) is 5.73 Å². The first-order chi connectivity index (χ1) is 16.1. The fourth-order valence-corrected chi connectivity index (χ4v) is 5.67. The molecule has 166 valence electrons. The van der Waals surface area contributed by atoms with Crippen molar-refractivity contribution in [2.45, 2.75) is 23.7 Å². The molecular formula is C26H22FN3O2S. The van der Waals surface area contributed by atoms with Gasteiger partial charge in [0.2, 0.25) is 0 Å². The molecule has 5 rings (SSSR count). The molecule has 0 radical (unpaired) electrons. The predicted molar refractivity (Wildman–Crippen MR) is 129 cm³/mol. The molecule has 7 heteroatoms. The number of fused-ring (bicyclic) bond motifs is 1. The molecule has 2 unspecified atom stereocenters. The van der Waals surface area contributed by atoms with Gasteiger partial charge in [0, 0.05) is 17.7 Å². The Morgan fingerprint density at radius 1 is 0.939 bits per heavy atom. The maximum atomic E-state index is 14.8. The number of rotatable bonds is 5. The number of halogens is 1. The number of aromatic nitrogens is 2. The summed E-state index contributed by atoms with van der Waals surface area (Å²) in [4.78, 5) is 27.4. The maximum Gasteiger partial charge on any atom is 0.333 e. The lowest BCUT2D eigenvalue weighted by Crippen LogP contribution is -2.47. The summed E-state index contributed by atoms with van der Waals surface area (Å²) in [6, 6.07) is 25.0. The highest BCUT2D eigenvalue weighted by Crippen LogP contribution is 2.40. The van der Waals surface area contributed by atoms with Crippen LogP contribution in [0.15, 0.2) is 99.5 Å². The Bertz CT molecular complexity index is 1420. The standard InChI is InChI=1S/C26H22FN3O2S/c27-20-14-8-7-13-19(20)23-24(31)30(22(28)15-17-9-3-1-4-10-17)26(32)29-21(16-33-25(23)29)18-11-5-2-6-12-18/h1-14,21-22H,15-16,28H2. The summed E-state index contributed by atoms with van der Waals surface area (Å²) in [7, 11) is 0. The van der Waals surface area contributed by atoms with Crippen LogP contribution in [0.5, 0.6) is 0 Å². The highest BCUT2D eigenvalue weighted by molar-refractivity contribution is 7.99. The molecule has 1 aliphatic rings. The molecular weight excluding hydrogens is 437 g/mol. The molecule has 2 heterocycles. The van der Waals surface area contributed by atoms with E-state index in [1.807, 2.05) is 60.7 Å². The van der Waals surface area contributed by atoms with E-state index in [-0.39, 0.29) is 17.2 Å². The van der Waals surface area contributed by atoms with Crippen molar-refractivity contribution in [2.75, 3.05) is 5.75 Å². The average Bonchev–Trinajstić information content (AvgIpc) is 3.27. The zero-order valence-electron chi connectivity index (χ0n) is 17.7. The van der Waals surface area contributed by atoms with Crippen molar-refractivity contribution in [1.29, 1.82) is 0 Å². The van der Waals surface area contributed by atoms with Crippen LogP contribution >= 0.6 is 11.8 Å². The first-order valence-corrected chi connectivity index (χ1v) is 11.7. The third kappa shape index (κ3) is 3.83. The molecule has 4 aromatic rings. The third-order valence-electron chi connectivity index (χ3n) is 5.91. The van der Waals surface area contributed by atoms with Gasteiger partial charge in [0.15, 0.2) is 0 Å². The van der Waals surface area contributed by atoms with Crippen LogP contribution in [0.4, 0.5) is 4.39 Å². The Hall–Kier alpha value is -3.42. The van der Waals surface area contributed by atoms with Gasteiger partial charge < -0.3 is 5.73 Å². The van der Waals surface area contributed by atoms with Crippen LogP contribution in [-0.4, -0.2) is 14.9 Å². The second-order valence-electron chi connectivity index (χ2n) is 7.98. The topological polar surface area (TPSA) is 70.0 Å². The van der Waals surface area contributed by atoms with E-state index in [9.17, 15) is 14.0 Å². The van der Waals surface area contributed by atoms with Gasteiger partial charge in [0.05, 0.1) is 22.8 Å². The highest BCUT2D eigenvalue weighted by Gasteiger charge is 2.33. The number of benzene rings is 3. The Morgan fingerprint density at radius 2 is 1.58 bits per heavy atom. The normalized spacial score (nSPS) is 15.9. The second kappa shape index (κ2) is 8.84. The lowest BCUT2D eigenvalue weighted by atomic mass is 10.1. The molecule has 0 saturated carbocycles. The van der Waals surface area contributed by atoms with Crippen molar-refractivity contribution >= 4 is 11.8 Å². The predicted octanol–water partition coefficient (Wildman–Crippen LogP) is 4.21. The monoisotopic (exact) mass is 459 g/mol. The van der Waals surface area contributed by atoms with Crippen molar-refractivity contribution in [3.63, 3.8) is 0 Å². The minimum atomic E-state index is -0.891. The number of hydrogen-bond acceptors (Lipinski definition) is 4. The summed E-state index contributed by atoms with van der Waals surface area (Å²) in [6.45, 7) is 0. The molecule has 5 nitrogen and oxygen atoms in total. The van der Waals surface area contributed by atoms with Crippen LogP contribution in [0.1, 0.15) is 23.3 Å². The molecule has 2 N–H and O–H groups in total. The molecule has 0 saturated heterocycles. The van der Waals surface area contributed by atoms with E-state index in [1.165, 1.54) is 17.8 Å². The summed E-state index contributed by atoms with van der Waals surface area (Å²) >= 11 is 1.40. The zero-order valence-corrected chi connectivity index (χ0v) is 18.5. The van der Waals surface area contributed by atoms with Gasteiger partial charge in [-0.15, -0.1) is 11.8 Å². The van der Waals surface area contributed by atoms with Gasteiger partial charge in [-0.25, -0.2) is 13.8 Å². The van der Waals surface area contributed by atoms with Crippen LogP contribution in [-0.2, 0) is 6.42 Å². The van der Waals surface area contributed by atoms with E-state index < -0.39 is 23.2 Å². The van der Waals surface area contributed by atoms with Gasteiger partial charge in [-0.3, -0.25) is 9.36 Å². The van der Waals surface area contributed by atoms with Crippen molar-refractivity contribution in [1.82, 2.24) is 9.13 Å².